The molecule has 0 aromatic rings. The Kier molecular flexibility index (Phi) is 11.7. The van der Waals surface area contributed by atoms with Gasteiger partial charge in [0, 0.05) is 24.2 Å². The largest absolute Gasteiger partial charge is 0.393 e. The third-order valence-electron chi connectivity index (χ3n) is 17.0. The maximum atomic E-state index is 11.4. The predicted octanol–water partition coefficient (Wildman–Crippen LogP) is 0.463. The number of rotatable bonds is 6. The van der Waals surface area contributed by atoms with Crippen molar-refractivity contribution in [2.24, 2.45) is 46.3 Å². The summed E-state index contributed by atoms with van der Waals surface area (Å²) < 4.78 is 50.6. The van der Waals surface area contributed by atoms with E-state index < -0.39 is 103 Å². The molecule has 0 aromatic heterocycles. The fraction of sp³-hybridized carbons (Fsp3) is 0.953. The number of allylic oxidation sites excluding steroid dienone is 1. The van der Waals surface area contributed by atoms with E-state index in [1.807, 2.05) is 0 Å². The van der Waals surface area contributed by atoms with Crippen LogP contribution in [0.1, 0.15) is 86.0 Å². The molecular weight excluding hydrogens is 772 g/mol. The molecule has 59 heavy (non-hydrogen) atoms. The first-order valence-electron chi connectivity index (χ1n) is 22.3. The van der Waals surface area contributed by atoms with Crippen LogP contribution >= 0.6 is 0 Å². The minimum absolute atomic E-state index is 0.0744. The van der Waals surface area contributed by atoms with E-state index in [0.29, 0.717) is 36.5 Å². The van der Waals surface area contributed by atoms with Crippen molar-refractivity contribution in [1.29, 1.82) is 0 Å². The molecule has 8 fully saturated rings. The minimum atomic E-state index is -1.71. The van der Waals surface area contributed by atoms with E-state index in [-0.39, 0.29) is 36.6 Å². The van der Waals surface area contributed by atoms with E-state index >= 15 is 0 Å². The number of hydrogen-bond donors (Lipinski definition) is 8. The van der Waals surface area contributed by atoms with Crippen molar-refractivity contribution in [1.82, 2.24) is 0 Å². The molecule has 0 aromatic carbocycles. The molecule has 16 heteroatoms. The van der Waals surface area contributed by atoms with Crippen molar-refractivity contribution < 1.29 is 78.7 Å². The first-order chi connectivity index (χ1) is 28.0. The average molecular weight is 841 g/mol. The highest BCUT2D eigenvalue weighted by Crippen LogP contribution is 2.71. The molecule has 3 saturated carbocycles. The van der Waals surface area contributed by atoms with Crippen LogP contribution in [0.3, 0.4) is 0 Å². The summed E-state index contributed by atoms with van der Waals surface area (Å²) in [6.45, 7) is 10.9. The van der Waals surface area contributed by atoms with Gasteiger partial charge in [-0.3, -0.25) is 0 Å². The van der Waals surface area contributed by atoms with Gasteiger partial charge in [-0.1, -0.05) is 39.3 Å². The van der Waals surface area contributed by atoms with Gasteiger partial charge in [-0.05, 0) is 80.5 Å². The quantitative estimate of drug-likeness (QED) is 0.170. The van der Waals surface area contributed by atoms with E-state index in [2.05, 4.69) is 33.8 Å². The highest BCUT2D eigenvalue weighted by Gasteiger charge is 2.69. The Morgan fingerprint density at radius 1 is 0.695 bits per heavy atom. The number of aliphatic hydroxyl groups excluding tert-OH is 8. The summed E-state index contributed by atoms with van der Waals surface area (Å²) >= 11 is 0. The van der Waals surface area contributed by atoms with Crippen molar-refractivity contribution in [2.75, 3.05) is 19.8 Å². The lowest BCUT2D eigenvalue weighted by Crippen LogP contribution is -2.65. The maximum absolute atomic E-state index is 11.4. The van der Waals surface area contributed by atoms with Crippen LogP contribution in [-0.2, 0) is 37.9 Å². The molecule has 0 bridgehead atoms. The van der Waals surface area contributed by atoms with Gasteiger partial charge in [0.1, 0.15) is 54.9 Å². The van der Waals surface area contributed by atoms with Crippen LogP contribution in [-0.4, -0.2) is 165 Å². The van der Waals surface area contributed by atoms with Crippen molar-refractivity contribution in [2.45, 2.75) is 190 Å². The summed E-state index contributed by atoms with van der Waals surface area (Å²) in [5, 5.41) is 86.2. The van der Waals surface area contributed by atoms with Crippen LogP contribution < -0.4 is 0 Å². The van der Waals surface area contributed by atoms with Crippen molar-refractivity contribution in [3.05, 3.63) is 11.6 Å². The first kappa shape index (κ1) is 43.4. The van der Waals surface area contributed by atoms with E-state index in [4.69, 9.17) is 37.9 Å². The van der Waals surface area contributed by atoms with E-state index in [1.165, 1.54) is 6.92 Å². The van der Waals surface area contributed by atoms with Gasteiger partial charge in [0.2, 0.25) is 0 Å². The third kappa shape index (κ3) is 7.02. The molecule has 8 N–H and O–H groups in total. The predicted molar refractivity (Wildman–Crippen MR) is 204 cm³/mol. The van der Waals surface area contributed by atoms with Gasteiger partial charge in [-0.15, -0.1) is 0 Å². The molecule has 336 valence electrons. The molecule has 25 atom stereocenters. The van der Waals surface area contributed by atoms with E-state index in [1.54, 1.807) is 0 Å². The average Bonchev–Trinajstić information content (AvgIpc) is 3.65. The number of fused-ring (bicyclic) bond motifs is 7. The number of ether oxygens (including phenoxy) is 8. The topological polar surface area (TPSA) is 236 Å². The van der Waals surface area contributed by atoms with Gasteiger partial charge in [0.25, 0.3) is 0 Å². The number of aliphatic hydroxyl groups is 8. The lowest BCUT2D eigenvalue weighted by atomic mass is 9.46. The molecule has 1 spiro atoms. The van der Waals surface area contributed by atoms with Crippen LogP contribution in [0, 0.1) is 46.3 Å². The zero-order chi connectivity index (χ0) is 41.9. The monoisotopic (exact) mass is 840 g/mol. The first-order valence-corrected chi connectivity index (χ1v) is 22.3. The summed E-state index contributed by atoms with van der Waals surface area (Å²) in [6, 6.07) is 0. The molecule has 4 aliphatic carbocycles. The van der Waals surface area contributed by atoms with Gasteiger partial charge in [0.05, 0.1) is 44.2 Å². The van der Waals surface area contributed by atoms with Crippen LogP contribution in [0.5, 0.6) is 0 Å². The van der Waals surface area contributed by atoms with Gasteiger partial charge < -0.3 is 78.7 Å². The van der Waals surface area contributed by atoms with Crippen LogP contribution in [0.4, 0.5) is 0 Å². The Labute approximate surface area is 346 Å². The molecule has 3 unspecified atom stereocenters. The normalized spacial score (nSPS) is 58.7. The summed E-state index contributed by atoms with van der Waals surface area (Å²) in [5.41, 5.74) is 0.698. The smallest absolute Gasteiger partial charge is 0.187 e. The molecule has 0 amide bonds. The van der Waals surface area contributed by atoms with Crippen molar-refractivity contribution in [3.8, 4) is 0 Å². The fourth-order valence-corrected chi connectivity index (χ4v) is 13.6. The summed E-state index contributed by atoms with van der Waals surface area (Å²) in [4.78, 5) is 0. The summed E-state index contributed by atoms with van der Waals surface area (Å²) in [7, 11) is 0. The van der Waals surface area contributed by atoms with Gasteiger partial charge in [-0.2, -0.15) is 0 Å². The molecule has 9 aliphatic rings. The van der Waals surface area contributed by atoms with Crippen molar-refractivity contribution in [3.63, 3.8) is 0 Å². The van der Waals surface area contributed by atoms with Gasteiger partial charge >= 0.3 is 0 Å². The van der Waals surface area contributed by atoms with Gasteiger partial charge in [-0.25, -0.2) is 0 Å². The second-order valence-electron chi connectivity index (χ2n) is 20.3. The second kappa shape index (κ2) is 16.0. The minimum Gasteiger partial charge on any atom is -0.393 e. The highest BCUT2D eigenvalue weighted by atomic mass is 16.8. The lowest BCUT2D eigenvalue weighted by molar-refractivity contribution is -0.382. The number of hydrogen-bond acceptors (Lipinski definition) is 16. The van der Waals surface area contributed by atoms with E-state index in [9.17, 15) is 40.9 Å². The second-order valence-corrected chi connectivity index (χ2v) is 20.3. The standard InChI is InChI=1S/C43H68O16/c1-18-8-11-43(54-15-18)19(2)30-28(59-43)14-25-23-7-6-21-12-22(44)13-29(42(21,5)24(23)9-10-41(25,30)4)56-40-37(58-39-35(51)33(49)31(47)20(3)55-39)36(27(46)17-53-40)57-38-34(50)32(48)26(45)16-52-38/h6,18-20,22-40,44-51H,7-17H2,1-5H3/t18-,19?,20+,22-,23-,24+,25+,26-,27+,28?,29-,30?,31+,32+,33-,34-,35-,36+,37+,38+,39+,40-,41+,42+,43-/m1/s1. The third-order valence-corrected chi connectivity index (χ3v) is 17.0. The molecule has 9 rings (SSSR count). The highest BCUT2D eigenvalue weighted by molar-refractivity contribution is 5.29. The Balaban J connectivity index is 0.993. The molecule has 5 heterocycles. The lowest BCUT2D eigenvalue weighted by Gasteiger charge is -2.60. The molecule has 16 nitrogen and oxygen atoms in total. The Bertz CT molecular complexity index is 1540. The molecular formula is C43H68O16. The van der Waals surface area contributed by atoms with Crippen LogP contribution in [0.25, 0.3) is 0 Å². The zero-order valence-electron chi connectivity index (χ0n) is 34.9. The maximum Gasteiger partial charge on any atom is 0.187 e. The Hall–Kier alpha value is -0.900. The fourth-order valence-electron chi connectivity index (χ4n) is 13.6. The molecule has 0 radical (unpaired) electrons. The van der Waals surface area contributed by atoms with Crippen molar-refractivity contribution >= 4 is 0 Å². The Morgan fingerprint density at radius 2 is 1.41 bits per heavy atom. The molecule has 5 saturated heterocycles. The Morgan fingerprint density at radius 3 is 2.15 bits per heavy atom. The summed E-state index contributed by atoms with van der Waals surface area (Å²) in [6.07, 6.45) is -10.9. The summed E-state index contributed by atoms with van der Waals surface area (Å²) in [5.74, 6) is 1.70. The zero-order valence-corrected chi connectivity index (χ0v) is 34.9. The molecule has 5 aliphatic heterocycles. The van der Waals surface area contributed by atoms with Crippen LogP contribution in [0.15, 0.2) is 11.6 Å². The SMILES string of the molecule is CC1C2C(C[C@H]3[C@@H]4CC=C5C[C@@H](O)C[C@@H](O[C@H]6OC[C@H](O)[C@H](O[C@@H]7OC[C@@H](O)[C@H](O)[C@H]7O)[C@@H]6O[C@@H]6O[C@@H](C)[C@H](O)[C@@H](O)[C@H]6O)[C@]5(C)[C@H]4CC[C@]23C)O[C@]12CC[C@@H](C)CO2. The van der Waals surface area contributed by atoms with Crippen LogP contribution in [0.2, 0.25) is 0 Å². The van der Waals surface area contributed by atoms with E-state index in [0.717, 1.165) is 50.7 Å². The van der Waals surface area contributed by atoms with Gasteiger partial charge in [0.15, 0.2) is 24.7 Å².